The van der Waals surface area contributed by atoms with Crippen molar-refractivity contribution in [1.29, 1.82) is 0 Å². The molecule has 0 aliphatic rings. The summed E-state index contributed by atoms with van der Waals surface area (Å²) in [6.07, 6.45) is 0. The number of aromatic hydroxyl groups is 1. The Morgan fingerprint density at radius 2 is 1.31 bits per heavy atom. The lowest BCUT2D eigenvalue weighted by Crippen LogP contribution is -2.35. The van der Waals surface area contributed by atoms with E-state index in [0.717, 1.165) is 16.9 Å². The van der Waals surface area contributed by atoms with E-state index in [4.69, 9.17) is 9.03 Å². The molecule has 0 saturated heterocycles. The fraction of sp³-hybridized carbons (Fsp3) is 0.727. The Kier molecular flexibility index (Phi) is 10.8. The summed E-state index contributed by atoms with van der Waals surface area (Å²) >= 11 is 0. The first-order chi connectivity index (χ1) is 15.4. The molecule has 202 valence electrons. The van der Waals surface area contributed by atoms with Gasteiger partial charge >= 0.3 is 8.08 Å². The second-order valence-electron chi connectivity index (χ2n) is 11.3. The number of phenols is 1. The van der Waals surface area contributed by atoms with Gasteiger partial charge in [-0.25, -0.2) is 0 Å². The lowest BCUT2D eigenvalue weighted by molar-refractivity contribution is 0.420. The molecule has 1 heterocycles. The van der Waals surface area contributed by atoms with E-state index in [0.29, 0.717) is 5.75 Å². The molecular weight excluding hydrogens is 523 g/mol. The molecule has 9 nitrogen and oxygen atoms in total. The lowest BCUT2D eigenvalue weighted by Gasteiger charge is -2.28. The molecule has 0 radical (unpaired) electrons. The first-order valence-electron chi connectivity index (χ1n) is 11.3. The van der Waals surface area contributed by atoms with E-state index in [9.17, 15) is 5.11 Å². The SMILES string of the molecule is CN(C)n1p(Oc2cc(C(C)(C)C)c(O)c(C(C)(C)C)c2)n[p+](N(C)C)n(N(C)C)p1N(C)C.Cl. The summed E-state index contributed by atoms with van der Waals surface area (Å²) in [4.78, 5) is 0. The summed E-state index contributed by atoms with van der Waals surface area (Å²) in [6.45, 7) is 12.7. The maximum absolute atomic E-state index is 11.1. The highest BCUT2D eigenvalue weighted by molar-refractivity contribution is 7.64. The third-order valence-electron chi connectivity index (χ3n) is 5.11. The van der Waals surface area contributed by atoms with E-state index in [1.165, 1.54) is 0 Å². The van der Waals surface area contributed by atoms with Crippen LogP contribution >= 0.6 is 36.5 Å². The minimum Gasteiger partial charge on any atom is -0.507 e. The molecule has 3 atom stereocenters. The van der Waals surface area contributed by atoms with Crippen LogP contribution in [0.2, 0.25) is 0 Å². The molecule has 2 rings (SSSR count). The molecule has 0 aliphatic heterocycles. The van der Waals surface area contributed by atoms with Gasteiger partial charge in [0, 0.05) is 67.5 Å². The molecule has 0 spiro atoms. The number of hydrogen-bond acceptors (Lipinski definition) is 7. The van der Waals surface area contributed by atoms with E-state index in [1.807, 2.05) is 26.2 Å². The van der Waals surface area contributed by atoms with Gasteiger partial charge in [0.05, 0.1) is 0 Å². The van der Waals surface area contributed by atoms with Crippen LogP contribution in [0.1, 0.15) is 52.7 Å². The van der Waals surface area contributed by atoms with Crippen molar-refractivity contribution in [3.05, 3.63) is 23.3 Å². The number of nitrogens with zero attached hydrogens (tertiary/aromatic N) is 7. The van der Waals surface area contributed by atoms with E-state index >= 15 is 0 Å². The molecule has 2 aromatic rings. The molecule has 1 N–H and O–H groups in total. The average molecular weight is 569 g/mol. The third kappa shape index (κ3) is 7.18. The minimum absolute atomic E-state index is 0. The van der Waals surface area contributed by atoms with Gasteiger partial charge in [-0.1, -0.05) is 49.9 Å². The number of hydrogen-bond donors (Lipinski definition) is 1. The zero-order valence-electron chi connectivity index (χ0n) is 23.9. The van der Waals surface area contributed by atoms with Gasteiger partial charge in [-0.3, -0.25) is 0 Å². The zero-order chi connectivity index (χ0) is 26.3. The predicted molar refractivity (Wildman–Crippen MR) is 159 cm³/mol. The van der Waals surface area contributed by atoms with Crippen LogP contribution in [0.5, 0.6) is 11.5 Å². The molecule has 0 amide bonds. The van der Waals surface area contributed by atoms with Crippen LogP contribution < -0.4 is 23.9 Å². The molecule has 0 bridgehead atoms. The van der Waals surface area contributed by atoms with Crippen LogP contribution in [0, 0.1) is 0 Å². The predicted octanol–water partition coefficient (Wildman–Crippen LogP) is 5.40. The fourth-order valence-corrected chi connectivity index (χ4v) is 12.1. The van der Waals surface area contributed by atoms with Crippen LogP contribution in [-0.2, 0) is 10.8 Å². The van der Waals surface area contributed by atoms with Crippen molar-refractivity contribution in [2.45, 2.75) is 52.4 Å². The Bertz CT molecular complexity index is 1020. The molecule has 13 heteroatoms. The number of aromatic nitrogens is 3. The number of halogens is 1. The first kappa shape index (κ1) is 32.3. The van der Waals surface area contributed by atoms with Crippen molar-refractivity contribution in [1.82, 2.24) is 12.9 Å². The number of phenolic OH excluding ortho intramolecular Hbond substituents is 1. The smallest absolute Gasteiger partial charge is 0.405 e. The van der Waals surface area contributed by atoms with Gasteiger partial charge in [0.2, 0.25) is 0 Å². The highest BCUT2D eigenvalue weighted by Gasteiger charge is 2.33. The maximum atomic E-state index is 11.1. The van der Waals surface area contributed by atoms with Crippen molar-refractivity contribution in [3.63, 3.8) is 0 Å². The van der Waals surface area contributed by atoms with Gasteiger partial charge in [0.25, 0.3) is 16.0 Å². The fourth-order valence-electron chi connectivity index (χ4n) is 3.50. The van der Waals surface area contributed by atoms with Crippen LogP contribution in [0.3, 0.4) is 0 Å². The molecule has 1 aromatic heterocycles. The van der Waals surface area contributed by atoms with Crippen molar-refractivity contribution in [3.8, 4) is 11.5 Å². The van der Waals surface area contributed by atoms with Gasteiger partial charge in [0.15, 0.2) is 5.75 Å². The summed E-state index contributed by atoms with van der Waals surface area (Å²) in [6, 6.07) is 3.98. The average Bonchev–Trinajstić information content (AvgIpc) is 2.65. The van der Waals surface area contributed by atoms with Crippen LogP contribution in [0.25, 0.3) is 0 Å². The largest absolute Gasteiger partial charge is 0.507 e. The van der Waals surface area contributed by atoms with Gasteiger partial charge in [-0.05, 0) is 27.5 Å². The first-order valence-corrected chi connectivity index (χ1v) is 14.9. The van der Waals surface area contributed by atoms with E-state index < -0.39 is 24.1 Å². The van der Waals surface area contributed by atoms with Crippen molar-refractivity contribution in [2.24, 2.45) is 0 Å². The Hall–Kier alpha value is -0.750. The Morgan fingerprint density at radius 3 is 1.63 bits per heavy atom. The van der Waals surface area contributed by atoms with E-state index in [-0.39, 0.29) is 23.2 Å². The molecule has 3 unspecified atom stereocenters. The van der Waals surface area contributed by atoms with E-state index in [1.54, 1.807) is 0 Å². The zero-order valence-corrected chi connectivity index (χ0v) is 27.4. The molecule has 0 saturated carbocycles. The topological polar surface area (TPSA) is 65.2 Å². The molecule has 35 heavy (non-hydrogen) atoms. The Balaban J connectivity index is 0.00000612. The maximum Gasteiger partial charge on any atom is 0.405 e. The van der Waals surface area contributed by atoms with Crippen molar-refractivity contribution in [2.75, 3.05) is 75.7 Å². The summed E-state index contributed by atoms with van der Waals surface area (Å²) < 4.78 is 21.0. The van der Waals surface area contributed by atoms with Crippen LogP contribution in [0.4, 0.5) is 0 Å². The van der Waals surface area contributed by atoms with Gasteiger partial charge < -0.3 is 9.63 Å². The van der Waals surface area contributed by atoms with Crippen LogP contribution in [0.15, 0.2) is 12.1 Å². The third-order valence-corrected chi connectivity index (χ3v) is 12.8. The normalized spacial score (nSPS) is 14.2. The van der Waals surface area contributed by atoms with Crippen LogP contribution in [-0.4, -0.2) is 74.4 Å². The number of benzene rings is 1. The summed E-state index contributed by atoms with van der Waals surface area (Å²) in [7, 11) is 13.4. The highest BCUT2D eigenvalue weighted by Crippen LogP contribution is 2.48. The number of rotatable bonds is 6. The second-order valence-corrected chi connectivity index (χ2v) is 17.5. The highest BCUT2D eigenvalue weighted by atomic mass is 35.5. The quantitative estimate of drug-likeness (QED) is 0.500. The minimum atomic E-state index is -1.34. The molecule has 0 fully saturated rings. The monoisotopic (exact) mass is 568 g/mol. The van der Waals surface area contributed by atoms with Gasteiger partial charge in [0.1, 0.15) is 5.75 Å². The van der Waals surface area contributed by atoms with E-state index in [2.05, 4.69) is 112 Å². The molecular formula is C22H46ClN7O2P3+. The Labute approximate surface area is 221 Å². The van der Waals surface area contributed by atoms with Gasteiger partial charge in [-0.15, -0.1) is 12.4 Å². The van der Waals surface area contributed by atoms with Gasteiger partial charge in [-0.2, -0.15) is 19.4 Å². The summed E-state index contributed by atoms with van der Waals surface area (Å²) in [5.74, 6) is 1.10. The second kappa shape index (κ2) is 11.8. The summed E-state index contributed by atoms with van der Waals surface area (Å²) in [5.41, 5.74) is 1.32. The molecule has 0 aliphatic carbocycles. The summed E-state index contributed by atoms with van der Waals surface area (Å²) in [5, 5.41) is 15.4. The van der Waals surface area contributed by atoms with Crippen molar-refractivity contribution < 1.29 is 9.63 Å². The lowest BCUT2D eigenvalue weighted by atomic mass is 9.79. The Morgan fingerprint density at radius 1 is 0.857 bits per heavy atom. The molecule has 1 aromatic carbocycles. The van der Waals surface area contributed by atoms with Crippen molar-refractivity contribution >= 4 is 36.5 Å². The standard InChI is InChI=1S/C22H44N7O2P3.ClH/c1-21(2,3)18-15-17(16-19(20(18)30)22(4,5)6)31-33-23-32(26(11)12)28(24(7)8)34(27(13)14)29(33)25(9)10;/h15-16H,1-14H3;1H/p+1.